The second-order valence-corrected chi connectivity index (χ2v) is 6.12. The summed E-state index contributed by atoms with van der Waals surface area (Å²) in [5, 5.41) is 11.3. The van der Waals surface area contributed by atoms with Gasteiger partial charge in [0, 0.05) is 18.3 Å². The van der Waals surface area contributed by atoms with Crippen LogP contribution in [0.4, 0.5) is 0 Å². The Bertz CT molecular complexity index is 428. The third-order valence-electron chi connectivity index (χ3n) is 3.67. The van der Waals surface area contributed by atoms with Crippen molar-refractivity contribution < 1.29 is 0 Å². The molecule has 1 saturated carbocycles. The summed E-state index contributed by atoms with van der Waals surface area (Å²) in [6.07, 6.45) is 7.64. The molecule has 2 N–H and O–H groups in total. The predicted molar refractivity (Wildman–Crippen MR) is 74.0 cm³/mol. The van der Waals surface area contributed by atoms with Gasteiger partial charge < -0.3 is 5.32 Å². The van der Waals surface area contributed by atoms with Crippen LogP contribution in [0.3, 0.4) is 0 Å². The molecule has 1 heterocycles. The van der Waals surface area contributed by atoms with Crippen molar-refractivity contribution >= 4 is 11.8 Å². The number of nitrogens with one attached hydrogen (secondary N) is 2. The van der Waals surface area contributed by atoms with E-state index in [4.69, 9.17) is 0 Å². The van der Waals surface area contributed by atoms with Crippen molar-refractivity contribution in [2.75, 3.05) is 7.05 Å². The molecule has 2 atom stereocenters. The highest BCUT2D eigenvalue weighted by molar-refractivity contribution is 7.99. The fourth-order valence-electron chi connectivity index (χ4n) is 2.50. The maximum Gasteiger partial charge on any atom is 0.343 e. The molecule has 1 fully saturated rings. The molecule has 102 valence electrons. The van der Waals surface area contributed by atoms with Crippen LogP contribution in [0.15, 0.2) is 9.95 Å². The Morgan fingerprint density at radius 2 is 2.06 bits per heavy atom. The second kappa shape index (κ2) is 6.43. The first-order chi connectivity index (χ1) is 8.72. The van der Waals surface area contributed by atoms with Crippen LogP contribution in [0.1, 0.15) is 38.5 Å². The lowest BCUT2D eigenvalue weighted by Gasteiger charge is -2.28. The number of H-pyrrole nitrogens is 1. The zero-order valence-electron chi connectivity index (χ0n) is 11.1. The average Bonchev–Trinajstić information content (AvgIpc) is 2.65. The van der Waals surface area contributed by atoms with Gasteiger partial charge in [0.15, 0.2) is 5.16 Å². The van der Waals surface area contributed by atoms with Crippen molar-refractivity contribution in [1.29, 1.82) is 0 Å². The molecule has 1 aromatic rings. The number of thioether (sulfide) groups is 1. The van der Waals surface area contributed by atoms with E-state index in [0.29, 0.717) is 11.3 Å². The van der Waals surface area contributed by atoms with Gasteiger partial charge in [-0.2, -0.15) is 0 Å². The molecule has 0 aromatic carbocycles. The lowest BCUT2D eigenvalue weighted by Crippen LogP contribution is -2.36. The van der Waals surface area contributed by atoms with E-state index in [-0.39, 0.29) is 5.69 Å². The van der Waals surface area contributed by atoms with Gasteiger partial charge in [-0.05, 0) is 19.9 Å². The molecule has 2 unspecified atom stereocenters. The number of aromatic amines is 1. The first-order valence-corrected chi connectivity index (χ1v) is 7.55. The zero-order chi connectivity index (χ0) is 13.0. The van der Waals surface area contributed by atoms with Gasteiger partial charge >= 0.3 is 5.69 Å². The first kappa shape index (κ1) is 13.7. The lowest BCUT2D eigenvalue weighted by atomic mass is 9.96. The van der Waals surface area contributed by atoms with E-state index < -0.39 is 0 Å². The summed E-state index contributed by atoms with van der Waals surface area (Å²) in [6, 6.07) is 0.516. The third-order valence-corrected chi connectivity index (χ3v) is 5.11. The van der Waals surface area contributed by atoms with Gasteiger partial charge in [0.2, 0.25) is 0 Å². The fraction of sp³-hybridized carbons (Fsp3) is 0.833. The molecule has 1 aliphatic rings. The van der Waals surface area contributed by atoms with Gasteiger partial charge in [-0.25, -0.2) is 9.89 Å². The number of nitrogens with zero attached hydrogens (tertiary/aromatic N) is 2. The summed E-state index contributed by atoms with van der Waals surface area (Å²) in [5.74, 6) is 0. The van der Waals surface area contributed by atoms with Crippen LogP contribution in [0.5, 0.6) is 0 Å². The molecular formula is C12H22N4OS. The van der Waals surface area contributed by atoms with E-state index in [1.165, 1.54) is 38.5 Å². The molecule has 0 saturated heterocycles. The van der Waals surface area contributed by atoms with Gasteiger partial charge in [-0.3, -0.25) is 4.57 Å². The van der Waals surface area contributed by atoms with E-state index in [2.05, 4.69) is 15.5 Å². The van der Waals surface area contributed by atoms with Crippen LogP contribution in [0.2, 0.25) is 0 Å². The molecule has 1 aromatic heterocycles. The van der Waals surface area contributed by atoms with Crippen molar-refractivity contribution in [2.45, 2.75) is 55.0 Å². The number of hydrogen-bond acceptors (Lipinski definition) is 4. The Balaban J connectivity index is 2.08. The van der Waals surface area contributed by atoms with Crippen LogP contribution >= 0.6 is 11.8 Å². The molecule has 6 heteroatoms. The number of aromatic nitrogens is 3. The summed E-state index contributed by atoms with van der Waals surface area (Å²) in [6.45, 7) is 0. The Morgan fingerprint density at radius 3 is 2.67 bits per heavy atom. The molecule has 18 heavy (non-hydrogen) atoms. The van der Waals surface area contributed by atoms with E-state index >= 15 is 0 Å². The maximum atomic E-state index is 11.4. The highest BCUT2D eigenvalue weighted by atomic mass is 32.2. The molecule has 0 bridgehead atoms. The summed E-state index contributed by atoms with van der Waals surface area (Å²) in [4.78, 5) is 11.4. The van der Waals surface area contributed by atoms with Crippen LogP contribution in [0, 0.1) is 0 Å². The van der Waals surface area contributed by atoms with Gasteiger partial charge in [0.1, 0.15) is 0 Å². The standard InChI is InChI=1S/C12H22N4OS/c1-13-9-7-5-3-4-6-8-10(9)18-12-15-14-11(17)16(12)2/h9-10,13H,3-8H2,1-2H3,(H,14,17). The van der Waals surface area contributed by atoms with Crippen LogP contribution in [-0.2, 0) is 7.05 Å². The van der Waals surface area contributed by atoms with Crippen LogP contribution in [-0.4, -0.2) is 33.1 Å². The monoisotopic (exact) mass is 270 g/mol. The van der Waals surface area contributed by atoms with E-state index in [1.54, 1.807) is 23.4 Å². The molecule has 5 nitrogen and oxygen atoms in total. The predicted octanol–water partition coefficient (Wildman–Crippen LogP) is 1.51. The largest absolute Gasteiger partial charge is 0.343 e. The van der Waals surface area contributed by atoms with Gasteiger partial charge in [-0.1, -0.05) is 37.4 Å². The lowest BCUT2D eigenvalue weighted by molar-refractivity contribution is 0.419. The normalized spacial score (nSPS) is 25.7. The van der Waals surface area contributed by atoms with Crippen molar-refractivity contribution in [3.05, 3.63) is 10.5 Å². The Kier molecular flexibility index (Phi) is 4.88. The Labute approximate surface area is 112 Å². The fourth-order valence-corrected chi connectivity index (χ4v) is 3.83. The van der Waals surface area contributed by atoms with Crippen molar-refractivity contribution in [3.8, 4) is 0 Å². The highest BCUT2D eigenvalue weighted by Crippen LogP contribution is 2.30. The Hall–Kier alpha value is -0.750. The van der Waals surface area contributed by atoms with Crippen molar-refractivity contribution in [1.82, 2.24) is 20.1 Å². The van der Waals surface area contributed by atoms with Crippen LogP contribution in [0.25, 0.3) is 0 Å². The zero-order valence-corrected chi connectivity index (χ0v) is 11.9. The minimum Gasteiger partial charge on any atom is -0.316 e. The van der Waals surface area contributed by atoms with E-state index in [0.717, 1.165) is 5.16 Å². The van der Waals surface area contributed by atoms with Gasteiger partial charge in [-0.15, -0.1) is 5.10 Å². The first-order valence-electron chi connectivity index (χ1n) is 6.67. The molecule has 0 aliphatic heterocycles. The third kappa shape index (κ3) is 3.17. The highest BCUT2D eigenvalue weighted by Gasteiger charge is 2.24. The maximum absolute atomic E-state index is 11.4. The topological polar surface area (TPSA) is 62.7 Å². The average molecular weight is 270 g/mol. The summed E-state index contributed by atoms with van der Waals surface area (Å²) in [7, 11) is 3.80. The molecule has 0 amide bonds. The Morgan fingerprint density at radius 1 is 1.33 bits per heavy atom. The minimum atomic E-state index is -0.135. The summed E-state index contributed by atoms with van der Waals surface area (Å²) >= 11 is 1.73. The number of rotatable bonds is 3. The quantitative estimate of drug-likeness (QED) is 0.874. The minimum absolute atomic E-state index is 0.135. The molecule has 1 aliphatic carbocycles. The SMILES string of the molecule is CNC1CCCCCCC1Sc1n[nH]c(=O)n1C. The van der Waals surface area contributed by atoms with Crippen molar-refractivity contribution in [2.24, 2.45) is 7.05 Å². The van der Waals surface area contributed by atoms with E-state index in [9.17, 15) is 4.79 Å². The van der Waals surface area contributed by atoms with Crippen LogP contribution < -0.4 is 11.0 Å². The van der Waals surface area contributed by atoms with Gasteiger partial charge in [0.05, 0.1) is 0 Å². The van der Waals surface area contributed by atoms with Gasteiger partial charge in [0.25, 0.3) is 0 Å². The molecule has 0 spiro atoms. The molecule has 0 radical (unpaired) electrons. The van der Waals surface area contributed by atoms with Crippen molar-refractivity contribution in [3.63, 3.8) is 0 Å². The summed E-state index contributed by atoms with van der Waals surface area (Å²) in [5.41, 5.74) is -0.135. The smallest absolute Gasteiger partial charge is 0.316 e. The second-order valence-electron chi connectivity index (χ2n) is 4.91. The molecule has 2 rings (SSSR count). The molecular weight excluding hydrogens is 248 g/mol. The van der Waals surface area contributed by atoms with E-state index in [1.807, 2.05) is 7.05 Å². The number of hydrogen-bond donors (Lipinski definition) is 2. The summed E-state index contributed by atoms with van der Waals surface area (Å²) < 4.78 is 1.59.